The highest BCUT2D eigenvalue weighted by molar-refractivity contribution is 5.56. The lowest BCUT2D eigenvalue weighted by molar-refractivity contribution is 0.122. The van der Waals surface area contributed by atoms with E-state index in [9.17, 15) is 9.50 Å². The average Bonchev–Trinajstić information content (AvgIpc) is 2.52. The van der Waals surface area contributed by atoms with Crippen molar-refractivity contribution in [3.05, 3.63) is 34.5 Å². The molecule has 8 heteroatoms. The second-order valence-corrected chi connectivity index (χ2v) is 4.71. The number of ether oxygens (including phenoxy) is 1. The van der Waals surface area contributed by atoms with Crippen LogP contribution in [0.4, 0.5) is 15.8 Å². The first-order valence-corrected chi connectivity index (χ1v) is 6.75. The van der Waals surface area contributed by atoms with Crippen LogP contribution in [0.15, 0.2) is 23.3 Å². The maximum Gasteiger partial charge on any atom is 0.148 e. The van der Waals surface area contributed by atoms with Crippen molar-refractivity contribution >= 4 is 11.4 Å². The van der Waals surface area contributed by atoms with Crippen molar-refractivity contribution in [3.63, 3.8) is 0 Å². The van der Waals surface area contributed by atoms with Gasteiger partial charge < -0.3 is 20.1 Å². The van der Waals surface area contributed by atoms with Gasteiger partial charge in [-0.2, -0.15) is 0 Å². The standard InChI is InChI=1S/C13H18FN5O2/c14-12-7-10(16-8-11(20)9-17-18-15)1-2-13(12)19-3-5-21-6-4-19/h1-2,7,11,16,20H,3-6,8-9H2/t11-/m1/s1. The van der Waals surface area contributed by atoms with Gasteiger partial charge in [-0.15, -0.1) is 0 Å². The van der Waals surface area contributed by atoms with Crippen LogP contribution in [0.25, 0.3) is 10.4 Å². The van der Waals surface area contributed by atoms with Crippen LogP contribution in [0.3, 0.4) is 0 Å². The molecule has 0 unspecified atom stereocenters. The molecule has 0 radical (unpaired) electrons. The Morgan fingerprint density at radius 2 is 2.24 bits per heavy atom. The first-order valence-electron chi connectivity index (χ1n) is 6.75. The van der Waals surface area contributed by atoms with Crippen LogP contribution in [-0.4, -0.2) is 50.6 Å². The summed E-state index contributed by atoms with van der Waals surface area (Å²) in [5.74, 6) is -0.313. The van der Waals surface area contributed by atoms with Crippen LogP contribution in [0, 0.1) is 5.82 Å². The summed E-state index contributed by atoms with van der Waals surface area (Å²) in [4.78, 5) is 4.51. The van der Waals surface area contributed by atoms with E-state index < -0.39 is 6.10 Å². The van der Waals surface area contributed by atoms with Gasteiger partial charge in [0.05, 0.1) is 31.5 Å². The van der Waals surface area contributed by atoms with Gasteiger partial charge in [-0.25, -0.2) is 4.39 Å². The van der Waals surface area contributed by atoms with Crippen molar-refractivity contribution in [3.8, 4) is 0 Å². The summed E-state index contributed by atoms with van der Waals surface area (Å²) in [7, 11) is 0. The smallest absolute Gasteiger partial charge is 0.148 e. The van der Waals surface area contributed by atoms with E-state index in [-0.39, 0.29) is 18.9 Å². The molecule has 0 aromatic heterocycles. The maximum atomic E-state index is 14.1. The van der Waals surface area contributed by atoms with Crippen molar-refractivity contribution in [2.45, 2.75) is 6.10 Å². The van der Waals surface area contributed by atoms with E-state index in [0.29, 0.717) is 37.7 Å². The first-order chi connectivity index (χ1) is 10.2. The molecule has 1 aliphatic heterocycles. The van der Waals surface area contributed by atoms with Gasteiger partial charge in [-0.05, 0) is 23.7 Å². The van der Waals surface area contributed by atoms with Crippen LogP contribution in [0.2, 0.25) is 0 Å². The molecule has 0 spiro atoms. The Hall–Kier alpha value is -2.02. The Bertz CT molecular complexity index is 515. The molecule has 114 valence electrons. The number of aliphatic hydroxyl groups is 1. The van der Waals surface area contributed by atoms with E-state index in [4.69, 9.17) is 10.3 Å². The fraction of sp³-hybridized carbons (Fsp3) is 0.538. The molecule has 1 fully saturated rings. The Morgan fingerprint density at radius 1 is 1.48 bits per heavy atom. The van der Waals surface area contributed by atoms with Crippen molar-refractivity contribution in [1.82, 2.24) is 0 Å². The van der Waals surface area contributed by atoms with Crippen LogP contribution in [0.5, 0.6) is 0 Å². The summed E-state index contributed by atoms with van der Waals surface area (Å²) < 4.78 is 19.4. The molecule has 1 heterocycles. The molecule has 0 bridgehead atoms. The van der Waals surface area contributed by atoms with E-state index in [1.807, 2.05) is 4.90 Å². The number of morpholine rings is 1. The van der Waals surface area contributed by atoms with E-state index in [1.165, 1.54) is 6.07 Å². The number of benzene rings is 1. The van der Waals surface area contributed by atoms with Crippen molar-refractivity contribution < 1.29 is 14.2 Å². The lowest BCUT2D eigenvalue weighted by Gasteiger charge is -2.29. The maximum absolute atomic E-state index is 14.1. The first kappa shape index (κ1) is 15.4. The van der Waals surface area contributed by atoms with Gasteiger partial charge in [0.15, 0.2) is 0 Å². The van der Waals surface area contributed by atoms with Crippen LogP contribution < -0.4 is 10.2 Å². The van der Waals surface area contributed by atoms with E-state index in [1.54, 1.807) is 12.1 Å². The second kappa shape index (κ2) is 7.68. The number of aliphatic hydroxyl groups excluding tert-OH is 1. The minimum atomic E-state index is -0.803. The summed E-state index contributed by atoms with van der Waals surface area (Å²) in [5, 5.41) is 15.7. The van der Waals surface area contributed by atoms with Crippen molar-refractivity contribution in [1.29, 1.82) is 0 Å². The molecule has 1 saturated heterocycles. The predicted molar refractivity (Wildman–Crippen MR) is 77.9 cm³/mol. The Balaban J connectivity index is 1.93. The number of halogens is 1. The van der Waals surface area contributed by atoms with Crippen LogP contribution in [-0.2, 0) is 4.74 Å². The van der Waals surface area contributed by atoms with Gasteiger partial charge in [-0.3, -0.25) is 0 Å². The highest BCUT2D eigenvalue weighted by atomic mass is 19.1. The number of nitrogens with one attached hydrogen (secondary N) is 1. The van der Waals surface area contributed by atoms with Crippen molar-refractivity contribution in [2.75, 3.05) is 49.6 Å². The van der Waals surface area contributed by atoms with Gasteiger partial charge >= 0.3 is 0 Å². The Morgan fingerprint density at radius 3 is 2.90 bits per heavy atom. The third-order valence-corrected chi connectivity index (χ3v) is 3.20. The molecule has 1 aliphatic rings. The normalized spacial score (nSPS) is 16.2. The van der Waals surface area contributed by atoms with Gasteiger partial charge in [-0.1, -0.05) is 5.11 Å². The molecule has 7 nitrogen and oxygen atoms in total. The molecular formula is C13H18FN5O2. The molecule has 0 amide bonds. The van der Waals surface area contributed by atoms with Crippen molar-refractivity contribution in [2.24, 2.45) is 5.11 Å². The highest BCUT2D eigenvalue weighted by Crippen LogP contribution is 2.23. The lowest BCUT2D eigenvalue weighted by atomic mass is 10.2. The number of azide groups is 1. The third kappa shape index (κ3) is 4.49. The van der Waals surface area contributed by atoms with Gasteiger partial charge in [0.25, 0.3) is 0 Å². The number of hydrogen-bond acceptors (Lipinski definition) is 5. The van der Waals surface area contributed by atoms with E-state index >= 15 is 0 Å². The monoisotopic (exact) mass is 295 g/mol. The zero-order valence-corrected chi connectivity index (χ0v) is 11.6. The topological polar surface area (TPSA) is 93.5 Å². The number of hydrogen-bond donors (Lipinski definition) is 2. The fourth-order valence-electron chi connectivity index (χ4n) is 2.11. The number of nitrogens with zero attached hydrogens (tertiary/aromatic N) is 4. The second-order valence-electron chi connectivity index (χ2n) is 4.71. The molecule has 2 N–H and O–H groups in total. The molecule has 2 rings (SSSR count). The SMILES string of the molecule is [N-]=[N+]=NC[C@H](O)CNc1ccc(N2CCOCC2)c(F)c1. The third-order valence-electron chi connectivity index (χ3n) is 3.20. The van der Waals surface area contributed by atoms with Gasteiger partial charge in [0.1, 0.15) is 5.82 Å². The minimum Gasteiger partial charge on any atom is -0.391 e. The summed E-state index contributed by atoms with van der Waals surface area (Å²) in [6.07, 6.45) is -0.803. The summed E-state index contributed by atoms with van der Waals surface area (Å²) in [6, 6.07) is 4.86. The average molecular weight is 295 g/mol. The summed E-state index contributed by atoms with van der Waals surface area (Å²) in [6.45, 7) is 2.73. The highest BCUT2D eigenvalue weighted by Gasteiger charge is 2.15. The van der Waals surface area contributed by atoms with E-state index in [0.717, 1.165) is 0 Å². The van der Waals surface area contributed by atoms with Crippen LogP contribution >= 0.6 is 0 Å². The predicted octanol–water partition coefficient (Wildman–Crippen LogP) is 1.75. The molecule has 21 heavy (non-hydrogen) atoms. The quantitative estimate of drug-likeness (QED) is 0.475. The molecule has 1 aromatic carbocycles. The van der Waals surface area contributed by atoms with Gasteiger partial charge in [0.2, 0.25) is 0 Å². The fourth-order valence-corrected chi connectivity index (χ4v) is 2.11. The van der Waals surface area contributed by atoms with Crippen LogP contribution in [0.1, 0.15) is 0 Å². The number of anilines is 2. The minimum absolute atomic E-state index is 0.0160. The summed E-state index contributed by atoms with van der Waals surface area (Å²) >= 11 is 0. The summed E-state index contributed by atoms with van der Waals surface area (Å²) in [5.41, 5.74) is 9.28. The zero-order chi connectivity index (χ0) is 15.1. The molecule has 1 aromatic rings. The molecule has 1 atom stereocenters. The Labute approximate surface area is 121 Å². The van der Waals surface area contributed by atoms with E-state index in [2.05, 4.69) is 15.3 Å². The number of rotatable bonds is 6. The zero-order valence-electron chi connectivity index (χ0n) is 11.6. The van der Waals surface area contributed by atoms with Gasteiger partial charge in [0, 0.05) is 30.2 Å². The molecule has 0 aliphatic carbocycles. The largest absolute Gasteiger partial charge is 0.391 e. The lowest BCUT2D eigenvalue weighted by Crippen LogP contribution is -2.36. The molecule has 0 saturated carbocycles. The Kier molecular flexibility index (Phi) is 5.62. The molecular weight excluding hydrogens is 277 g/mol.